The smallest absolute Gasteiger partial charge is 0.0141 e. The van der Waals surface area contributed by atoms with E-state index in [0.29, 0.717) is 11.8 Å². The second kappa shape index (κ2) is 10.3. The highest BCUT2D eigenvalue weighted by Crippen LogP contribution is 2.87. The van der Waals surface area contributed by atoms with Gasteiger partial charge in [0.05, 0.1) is 0 Å². The molecule has 194 valence electrons. The first-order chi connectivity index (χ1) is 18.3. The van der Waals surface area contributed by atoms with Crippen molar-refractivity contribution in [3.05, 3.63) is 145 Å². The van der Waals surface area contributed by atoms with Crippen LogP contribution in [0.5, 0.6) is 0 Å². The highest BCUT2D eigenvalue weighted by molar-refractivity contribution is 8.49. The van der Waals surface area contributed by atoms with Crippen LogP contribution in [0.25, 0.3) is 11.1 Å². The van der Waals surface area contributed by atoms with Gasteiger partial charge < -0.3 is 0 Å². The van der Waals surface area contributed by atoms with E-state index in [1.54, 1.807) is 0 Å². The quantitative estimate of drug-likeness (QED) is 0.204. The minimum atomic E-state index is -3.00. The lowest BCUT2D eigenvalue weighted by atomic mass is 9.88. The van der Waals surface area contributed by atoms with Crippen LogP contribution >= 0.6 is 9.16 Å². The second-order valence-electron chi connectivity index (χ2n) is 11.3. The minimum absolute atomic E-state index is 0.499. The molecule has 5 aromatic rings. The van der Waals surface area contributed by atoms with E-state index in [9.17, 15) is 0 Å². The molecule has 0 nitrogen and oxygen atoms in total. The minimum Gasteiger partial charge on any atom is -0.202 e. The lowest BCUT2D eigenvalue weighted by Crippen LogP contribution is -2.19. The molecule has 5 aromatic carbocycles. The Hall–Kier alpha value is -3.55. The lowest BCUT2D eigenvalue weighted by molar-refractivity contribution is 0.791. The summed E-state index contributed by atoms with van der Waals surface area (Å²) in [6.45, 7) is 9.18. The van der Waals surface area contributed by atoms with Gasteiger partial charge in [0.25, 0.3) is 0 Å². The van der Waals surface area contributed by atoms with Gasteiger partial charge in [0.15, 0.2) is 0 Å². The van der Waals surface area contributed by atoms with Crippen molar-refractivity contribution in [1.82, 2.24) is 0 Å². The van der Waals surface area contributed by atoms with E-state index in [1.807, 2.05) is 0 Å². The van der Waals surface area contributed by atoms with Crippen LogP contribution in [0.15, 0.2) is 153 Å². The molecule has 38 heavy (non-hydrogen) atoms. The summed E-state index contributed by atoms with van der Waals surface area (Å²) in [5.41, 5.74) is 5.47. The Kier molecular flexibility index (Phi) is 7.07. The molecule has 0 aliphatic heterocycles. The van der Waals surface area contributed by atoms with Crippen LogP contribution in [-0.4, -0.2) is 6.26 Å². The summed E-state index contributed by atoms with van der Waals surface area (Å²) in [6, 6.07) is 49.9. The van der Waals surface area contributed by atoms with Crippen molar-refractivity contribution < 1.29 is 0 Å². The largest absolute Gasteiger partial charge is 0.202 e. The van der Waals surface area contributed by atoms with Gasteiger partial charge in [0.2, 0.25) is 0 Å². The highest BCUT2D eigenvalue weighted by Gasteiger charge is 2.43. The van der Waals surface area contributed by atoms with Crippen LogP contribution in [0.2, 0.25) is 0 Å². The molecule has 0 atom stereocenters. The van der Waals surface area contributed by atoms with Gasteiger partial charge in [0, 0.05) is 0 Å². The maximum absolute atomic E-state index is 3.00. The maximum atomic E-state index is 2.52. The summed E-state index contributed by atoms with van der Waals surface area (Å²) in [7, 11) is -3.00. The summed E-state index contributed by atoms with van der Waals surface area (Å²) in [5, 5.41) is 0. The molecule has 0 amide bonds. The summed E-state index contributed by atoms with van der Waals surface area (Å²) >= 11 is 0. The van der Waals surface area contributed by atoms with Gasteiger partial charge in [0.1, 0.15) is 0 Å². The lowest BCUT2D eigenvalue weighted by Gasteiger charge is -2.60. The molecule has 0 saturated carbocycles. The van der Waals surface area contributed by atoms with Gasteiger partial charge in [-0.05, 0) is 59.9 Å². The molecule has 1 heteroatoms. The topological polar surface area (TPSA) is 0 Å². The van der Waals surface area contributed by atoms with Crippen molar-refractivity contribution >= 4 is 9.16 Å². The first kappa shape index (κ1) is 26.1. The van der Waals surface area contributed by atoms with Gasteiger partial charge in [-0.2, -0.15) is 0 Å². The zero-order valence-electron chi connectivity index (χ0n) is 23.3. The fraction of sp³-hybridized carbons (Fsp3) is 0.189. The Morgan fingerprint density at radius 1 is 0.395 bits per heavy atom. The molecule has 0 aliphatic carbocycles. The maximum Gasteiger partial charge on any atom is -0.0141 e. The molecule has 0 unspecified atom stereocenters. The fourth-order valence-electron chi connectivity index (χ4n) is 6.10. The Labute approximate surface area is 229 Å². The molecule has 0 heterocycles. The van der Waals surface area contributed by atoms with Crippen LogP contribution in [-0.2, 0) is 0 Å². The van der Waals surface area contributed by atoms with Crippen molar-refractivity contribution in [2.75, 3.05) is 6.26 Å². The molecular weight excluding hydrogens is 476 g/mol. The summed E-state index contributed by atoms with van der Waals surface area (Å²) in [6.07, 6.45) is 2.52. The van der Waals surface area contributed by atoms with E-state index in [0.717, 1.165) is 0 Å². The highest BCUT2D eigenvalue weighted by atomic mass is 32.3. The SMILES string of the molecule is CC(C)c1ccc(-c2ccc([SH](C)(c3ccccc3)(c3ccccc3)c3ccccc3)cc2)cc1C(C)C. The standard InChI is InChI=1S/C37H40S/c1-28(2)36-26-23-31(27-37(36)29(3)4)30-21-24-35(25-22-30)38(5,32-15-9-6-10-16-32,33-17-11-7-12-18-33)34-19-13-8-14-20-34/h6-29,38H,1-5H3. The van der Waals surface area contributed by atoms with Crippen LogP contribution in [0, 0.1) is 0 Å². The van der Waals surface area contributed by atoms with E-state index >= 15 is 0 Å². The zero-order valence-corrected chi connectivity index (χ0v) is 24.2. The molecule has 5 rings (SSSR count). The number of hydrogen-bond donors (Lipinski definition) is 1. The molecule has 0 spiro atoms. The Morgan fingerprint density at radius 3 is 1.16 bits per heavy atom. The summed E-state index contributed by atoms with van der Waals surface area (Å²) in [5.74, 6) is 1.03. The molecular formula is C37H40S. The van der Waals surface area contributed by atoms with Crippen molar-refractivity contribution in [1.29, 1.82) is 0 Å². The zero-order chi connectivity index (χ0) is 26.8. The van der Waals surface area contributed by atoms with Gasteiger partial charge >= 0.3 is 0 Å². The summed E-state index contributed by atoms with van der Waals surface area (Å²) in [4.78, 5) is 5.53. The van der Waals surface area contributed by atoms with E-state index in [1.165, 1.54) is 41.8 Å². The predicted molar refractivity (Wildman–Crippen MR) is 167 cm³/mol. The fourth-order valence-corrected chi connectivity index (χ4v) is 11.5. The van der Waals surface area contributed by atoms with E-state index in [-0.39, 0.29) is 0 Å². The monoisotopic (exact) mass is 516 g/mol. The third kappa shape index (κ3) is 4.20. The molecule has 0 saturated heterocycles. The number of hydrogen-bond acceptors (Lipinski definition) is 0. The van der Waals surface area contributed by atoms with Crippen LogP contribution < -0.4 is 0 Å². The van der Waals surface area contributed by atoms with Gasteiger partial charge in [-0.1, -0.05) is 161 Å². The third-order valence-corrected chi connectivity index (χ3v) is 14.7. The van der Waals surface area contributed by atoms with Crippen molar-refractivity contribution in [2.24, 2.45) is 0 Å². The Bertz CT molecular complexity index is 1400. The number of thiol groups is 1. The van der Waals surface area contributed by atoms with Gasteiger partial charge in [-0.3, -0.25) is 0 Å². The molecule has 0 bridgehead atoms. The molecule has 0 aliphatic rings. The van der Waals surface area contributed by atoms with Gasteiger partial charge in [-0.15, -0.1) is 0 Å². The van der Waals surface area contributed by atoms with E-state index in [4.69, 9.17) is 0 Å². The van der Waals surface area contributed by atoms with Crippen LogP contribution in [0.3, 0.4) is 0 Å². The Balaban J connectivity index is 1.75. The molecule has 0 fully saturated rings. The summed E-state index contributed by atoms with van der Waals surface area (Å²) < 4.78 is 0. The van der Waals surface area contributed by atoms with E-state index < -0.39 is 9.16 Å². The normalized spacial score (nSPS) is 12.9. The van der Waals surface area contributed by atoms with Crippen LogP contribution in [0.4, 0.5) is 0 Å². The second-order valence-corrected chi connectivity index (χ2v) is 16.5. The average molecular weight is 517 g/mol. The first-order valence-corrected chi connectivity index (χ1v) is 16.5. The molecule has 0 N–H and O–H groups in total. The number of rotatable bonds is 7. The molecule has 0 radical (unpaired) electrons. The van der Waals surface area contributed by atoms with Crippen molar-refractivity contribution in [3.8, 4) is 11.1 Å². The van der Waals surface area contributed by atoms with E-state index in [2.05, 4.69) is 167 Å². The predicted octanol–water partition coefficient (Wildman–Crippen LogP) is 10.8. The third-order valence-electron chi connectivity index (χ3n) is 8.38. The van der Waals surface area contributed by atoms with Crippen molar-refractivity contribution in [2.45, 2.75) is 59.1 Å². The van der Waals surface area contributed by atoms with Crippen molar-refractivity contribution in [3.63, 3.8) is 0 Å². The number of benzene rings is 5. The average Bonchev–Trinajstić information content (AvgIpc) is 2.98. The molecule has 0 aromatic heterocycles. The van der Waals surface area contributed by atoms with Gasteiger partial charge in [-0.25, -0.2) is 9.16 Å². The van der Waals surface area contributed by atoms with Crippen LogP contribution in [0.1, 0.15) is 50.7 Å². The Morgan fingerprint density at radius 2 is 0.763 bits per heavy atom. The first-order valence-electron chi connectivity index (χ1n) is 13.8.